The number of Topliss-reactive ketones (excluding diaryl/α,β-unsaturated/α-hetero) is 1. The zero-order valence-electron chi connectivity index (χ0n) is 9.98. The van der Waals surface area contributed by atoms with Crippen LogP contribution >= 0.6 is 11.6 Å². The van der Waals surface area contributed by atoms with Gasteiger partial charge in [0, 0.05) is 5.57 Å². The van der Waals surface area contributed by atoms with Crippen molar-refractivity contribution < 1.29 is 4.79 Å². The fourth-order valence-corrected chi connectivity index (χ4v) is 1.93. The molecule has 0 radical (unpaired) electrons. The van der Waals surface area contributed by atoms with Crippen LogP contribution in [-0.4, -0.2) is 17.4 Å². The molecule has 1 aliphatic rings. The van der Waals surface area contributed by atoms with Crippen molar-refractivity contribution in [3.05, 3.63) is 47.6 Å². The van der Waals surface area contributed by atoms with Gasteiger partial charge in [-0.1, -0.05) is 18.2 Å². The molecule has 0 aliphatic heterocycles. The van der Waals surface area contributed by atoms with E-state index in [2.05, 4.69) is 4.99 Å². The first-order valence-electron chi connectivity index (χ1n) is 5.54. The first-order chi connectivity index (χ1) is 8.61. The van der Waals surface area contributed by atoms with Crippen LogP contribution in [0.3, 0.4) is 0 Å². The highest BCUT2D eigenvalue weighted by Crippen LogP contribution is 2.23. The van der Waals surface area contributed by atoms with Crippen molar-refractivity contribution in [2.24, 2.45) is 4.99 Å². The molecule has 0 atom stereocenters. The summed E-state index contributed by atoms with van der Waals surface area (Å²) in [5.41, 5.74) is 8.85. The van der Waals surface area contributed by atoms with Crippen LogP contribution < -0.4 is 5.73 Å². The van der Waals surface area contributed by atoms with Crippen molar-refractivity contribution >= 4 is 34.5 Å². The number of carbonyl (C=O) groups excluding carboxylic acids is 1. The Hall–Kier alpha value is -1.87. The molecule has 0 saturated carbocycles. The number of hydrogen-bond acceptors (Lipinski definition) is 3. The lowest BCUT2D eigenvalue weighted by Crippen LogP contribution is -2.19. The second-order valence-corrected chi connectivity index (χ2v) is 4.34. The minimum atomic E-state index is -0.140. The number of para-hydroxylation sites is 2. The number of aliphatic imine (C=N–C) groups is 1. The number of halogens is 1. The lowest BCUT2D eigenvalue weighted by atomic mass is 9.98. The van der Waals surface area contributed by atoms with Crippen molar-refractivity contribution in [1.29, 1.82) is 0 Å². The molecule has 0 aromatic heterocycles. The van der Waals surface area contributed by atoms with Crippen molar-refractivity contribution in [2.75, 3.05) is 11.6 Å². The van der Waals surface area contributed by atoms with E-state index in [9.17, 15) is 4.79 Å². The van der Waals surface area contributed by atoms with E-state index in [0.717, 1.165) is 5.57 Å². The Morgan fingerprint density at radius 3 is 2.67 bits per heavy atom. The second kappa shape index (κ2) is 5.19. The number of nitrogens with two attached hydrogens (primary N) is 1. The molecular weight excluding hydrogens is 248 g/mol. The summed E-state index contributed by atoms with van der Waals surface area (Å²) in [5.74, 6) is 0.0479. The van der Waals surface area contributed by atoms with Crippen LogP contribution in [-0.2, 0) is 4.79 Å². The predicted octanol–water partition coefficient (Wildman–Crippen LogP) is 3.04. The Balaban J connectivity index is 2.44. The van der Waals surface area contributed by atoms with Gasteiger partial charge in [0.15, 0.2) is 0 Å². The van der Waals surface area contributed by atoms with Crippen LogP contribution in [0.2, 0.25) is 0 Å². The van der Waals surface area contributed by atoms with Gasteiger partial charge in [0.05, 0.1) is 17.3 Å². The number of hydrogen-bond donors (Lipinski definition) is 1. The van der Waals surface area contributed by atoms with Gasteiger partial charge in [-0.05, 0) is 30.7 Å². The molecule has 1 aromatic rings. The van der Waals surface area contributed by atoms with Crippen molar-refractivity contribution in [3.63, 3.8) is 0 Å². The van der Waals surface area contributed by atoms with Crippen LogP contribution in [0.15, 0.2) is 52.6 Å². The van der Waals surface area contributed by atoms with Crippen molar-refractivity contribution in [2.45, 2.75) is 6.92 Å². The third kappa shape index (κ3) is 2.51. The summed E-state index contributed by atoms with van der Waals surface area (Å²) in [4.78, 5) is 16.4. The first-order valence-corrected chi connectivity index (χ1v) is 6.08. The molecule has 1 aromatic carbocycles. The summed E-state index contributed by atoms with van der Waals surface area (Å²) in [6, 6.07) is 7.18. The summed E-state index contributed by atoms with van der Waals surface area (Å²) >= 11 is 5.74. The van der Waals surface area contributed by atoms with Gasteiger partial charge in [0.25, 0.3) is 0 Å². The lowest BCUT2D eigenvalue weighted by molar-refractivity contribution is -0.109. The third-order valence-corrected chi connectivity index (χ3v) is 2.90. The summed E-state index contributed by atoms with van der Waals surface area (Å²) in [5, 5.41) is 0. The maximum absolute atomic E-state index is 12.0. The number of allylic oxidation sites excluding steroid dienone is 4. The van der Waals surface area contributed by atoms with Gasteiger partial charge < -0.3 is 5.73 Å². The highest BCUT2D eigenvalue weighted by atomic mass is 35.5. The number of alkyl halides is 1. The Morgan fingerprint density at radius 1 is 1.28 bits per heavy atom. The van der Waals surface area contributed by atoms with Crippen molar-refractivity contribution in [3.8, 4) is 0 Å². The number of carbonyl (C=O) groups is 1. The highest BCUT2D eigenvalue weighted by Gasteiger charge is 2.18. The van der Waals surface area contributed by atoms with E-state index in [1.807, 2.05) is 19.1 Å². The molecule has 0 heterocycles. The molecule has 0 spiro atoms. The average molecular weight is 261 g/mol. The number of nitrogens with zero attached hydrogens (tertiary/aromatic N) is 1. The lowest BCUT2D eigenvalue weighted by Gasteiger charge is -2.10. The summed E-state index contributed by atoms with van der Waals surface area (Å²) in [7, 11) is 0. The van der Waals surface area contributed by atoms with E-state index in [4.69, 9.17) is 17.3 Å². The smallest absolute Gasteiger partial charge is 0.208 e. The molecule has 0 unspecified atom stereocenters. The minimum absolute atomic E-state index is 0.140. The number of rotatable bonds is 2. The number of nitrogen functional groups attached to an aromatic ring is 1. The van der Waals surface area contributed by atoms with Crippen LogP contribution in [0.25, 0.3) is 0 Å². The zero-order chi connectivity index (χ0) is 13.1. The van der Waals surface area contributed by atoms with Gasteiger partial charge in [0.1, 0.15) is 5.71 Å². The van der Waals surface area contributed by atoms with Gasteiger partial charge in [-0.2, -0.15) is 0 Å². The topological polar surface area (TPSA) is 55.4 Å². The molecule has 2 N–H and O–H groups in total. The summed E-state index contributed by atoms with van der Waals surface area (Å²) < 4.78 is 0. The fourth-order valence-electron chi connectivity index (χ4n) is 1.73. The van der Waals surface area contributed by atoms with E-state index in [0.29, 0.717) is 22.7 Å². The number of ketones is 1. The van der Waals surface area contributed by atoms with Gasteiger partial charge in [-0.3, -0.25) is 4.79 Å². The van der Waals surface area contributed by atoms with Crippen LogP contribution in [0.5, 0.6) is 0 Å². The zero-order valence-corrected chi connectivity index (χ0v) is 10.7. The molecular formula is C14H13ClN2O. The molecule has 0 saturated heterocycles. The Labute approximate surface area is 111 Å². The second-order valence-electron chi connectivity index (χ2n) is 4.08. The molecule has 18 heavy (non-hydrogen) atoms. The molecule has 2 rings (SSSR count). The van der Waals surface area contributed by atoms with Gasteiger partial charge >= 0.3 is 0 Å². The van der Waals surface area contributed by atoms with Crippen LogP contribution in [0.4, 0.5) is 11.4 Å². The Morgan fingerprint density at radius 2 is 2.00 bits per heavy atom. The summed E-state index contributed by atoms with van der Waals surface area (Å²) in [6.45, 7) is 1.91. The van der Waals surface area contributed by atoms with E-state index >= 15 is 0 Å². The maximum Gasteiger partial charge on any atom is 0.208 e. The minimum Gasteiger partial charge on any atom is -0.397 e. The van der Waals surface area contributed by atoms with E-state index in [1.54, 1.807) is 24.3 Å². The molecule has 1 aliphatic carbocycles. The Kier molecular flexibility index (Phi) is 3.63. The standard InChI is InChI=1S/C14H13ClN2O/c1-9-6-10(8-15)14(18)13(7-9)17-12-5-3-2-4-11(12)16/h2-7H,8,16H2,1H3. The molecule has 0 amide bonds. The van der Waals surface area contributed by atoms with E-state index in [-0.39, 0.29) is 11.7 Å². The molecule has 0 bridgehead atoms. The van der Waals surface area contributed by atoms with Crippen LogP contribution in [0.1, 0.15) is 6.92 Å². The predicted molar refractivity (Wildman–Crippen MR) is 75.5 cm³/mol. The monoisotopic (exact) mass is 260 g/mol. The normalized spacial score (nSPS) is 17.7. The number of anilines is 1. The Bertz CT molecular complexity index is 585. The maximum atomic E-state index is 12.0. The summed E-state index contributed by atoms with van der Waals surface area (Å²) in [6.07, 6.45) is 3.52. The van der Waals surface area contributed by atoms with Gasteiger partial charge in [0.2, 0.25) is 5.78 Å². The first kappa shape index (κ1) is 12.6. The third-order valence-electron chi connectivity index (χ3n) is 2.61. The molecule has 4 heteroatoms. The largest absolute Gasteiger partial charge is 0.397 e. The molecule has 3 nitrogen and oxygen atoms in total. The highest BCUT2D eigenvalue weighted by molar-refractivity contribution is 6.52. The molecule has 92 valence electrons. The van der Waals surface area contributed by atoms with E-state index < -0.39 is 0 Å². The van der Waals surface area contributed by atoms with Gasteiger partial charge in [-0.15, -0.1) is 11.6 Å². The fraction of sp³-hybridized carbons (Fsp3) is 0.143. The van der Waals surface area contributed by atoms with Crippen LogP contribution in [0, 0.1) is 0 Å². The molecule has 0 fully saturated rings. The number of benzene rings is 1. The quantitative estimate of drug-likeness (QED) is 0.505. The SMILES string of the molecule is CC1=CC(=Nc2ccccc2N)C(=O)C(CCl)=C1. The van der Waals surface area contributed by atoms with Gasteiger partial charge in [-0.25, -0.2) is 4.99 Å². The van der Waals surface area contributed by atoms with Crippen molar-refractivity contribution in [1.82, 2.24) is 0 Å². The van der Waals surface area contributed by atoms with E-state index in [1.165, 1.54) is 0 Å². The average Bonchev–Trinajstić information content (AvgIpc) is 2.36.